The Kier molecular flexibility index (Phi) is 12.3. The predicted molar refractivity (Wildman–Crippen MR) is 184 cm³/mol. The molecule has 2 atom stereocenters. The molecule has 0 saturated carbocycles. The molecule has 4 rings (SSSR count). The van der Waals surface area contributed by atoms with E-state index < -0.39 is 56.7 Å². The third-order valence-electron chi connectivity index (χ3n) is 6.58. The number of ether oxygens (including phenoxy) is 1. The van der Waals surface area contributed by atoms with Crippen molar-refractivity contribution in [2.24, 2.45) is 20.5 Å². The maximum atomic E-state index is 12.8. The molecule has 260 valence electrons. The summed E-state index contributed by atoms with van der Waals surface area (Å²) in [6.07, 6.45) is 0. The van der Waals surface area contributed by atoms with Gasteiger partial charge in [0.2, 0.25) is 12.1 Å². The van der Waals surface area contributed by atoms with Gasteiger partial charge in [-0.3, -0.25) is 39.4 Å². The number of ketones is 2. The lowest BCUT2D eigenvalue weighted by Crippen LogP contribution is -2.31. The van der Waals surface area contributed by atoms with E-state index in [1.54, 1.807) is 0 Å². The number of Topliss-reactive ketones (excluding diaryl/α,β-unsaturated/α-hetero) is 2. The fraction of sp³-hybridized carbons (Fsp3) is 0.125. The van der Waals surface area contributed by atoms with Gasteiger partial charge in [0.15, 0.2) is 22.9 Å². The van der Waals surface area contributed by atoms with Gasteiger partial charge in [0.05, 0.1) is 9.85 Å². The molecule has 0 bridgehead atoms. The Morgan fingerprint density at radius 1 is 0.627 bits per heavy atom. The van der Waals surface area contributed by atoms with E-state index >= 15 is 0 Å². The van der Waals surface area contributed by atoms with Crippen LogP contribution in [0.4, 0.5) is 34.1 Å². The van der Waals surface area contributed by atoms with Gasteiger partial charge in [-0.05, 0) is 86.6 Å². The summed E-state index contributed by atoms with van der Waals surface area (Å²) >= 11 is 11.6. The Morgan fingerprint density at radius 3 is 1.29 bits per heavy atom. The Morgan fingerprint density at radius 2 is 0.980 bits per heavy atom. The van der Waals surface area contributed by atoms with Gasteiger partial charge < -0.3 is 15.4 Å². The average Bonchev–Trinajstić information content (AvgIpc) is 3.07. The number of hydrogen-bond donors (Lipinski definition) is 2. The smallest absolute Gasteiger partial charge is 0.298 e. The molecule has 2 amide bonds. The Hall–Kier alpha value is -6.46. The molecule has 4 aromatic carbocycles. The van der Waals surface area contributed by atoms with E-state index in [1.165, 1.54) is 72.8 Å². The minimum absolute atomic E-state index is 0.101. The van der Waals surface area contributed by atoms with E-state index in [-0.39, 0.29) is 32.8 Å². The fourth-order valence-corrected chi connectivity index (χ4v) is 4.43. The molecule has 19 heteroatoms. The molecule has 0 fully saturated rings. The molecule has 2 unspecified atom stereocenters. The van der Waals surface area contributed by atoms with Crippen molar-refractivity contribution in [3.8, 4) is 11.5 Å². The van der Waals surface area contributed by atoms with E-state index in [0.29, 0.717) is 11.5 Å². The summed E-state index contributed by atoms with van der Waals surface area (Å²) in [7, 11) is 0. The molecule has 0 radical (unpaired) electrons. The molecule has 0 aliphatic heterocycles. The van der Waals surface area contributed by atoms with Crippen molar-refractivity contribution in [1.29, 1.82) is 0 Å². The first-order valence-corrected chi connectivity index (χ1v) is 15.2. The molecule has 51 heavy (non-hydrogen) atoms. The van der Waals surface area contributed by atoms with Crippen LogP contribution >= 0.6 is 23.2 Å². The highest BCUT2D eigenvalue weighted by molar-refractivity contribution is 6.31. The quantitative estimate of drug-likeness (QED) is 0.0552. The van der Waals surface area contributed by atoms with Gasteiger partial charge >= 0.3 is 0 Å². The normalized spacial score (nSPS) is 12.2. The van der Waals surface area contributed by atoms with Crippen LogP contribution in [-0.2, 0) is 19.2 Å². The van der Waals surface area contributed by atoms with Gasteiger partial charge in [-0.1, -0.05) is 23.2 Å². The summed E-state index contributed by atoms with van der Waals surface area (Å²) in [5.74, 6) is -2.24. The van der Waals surface area contributed by atoms with Crippen LogP contribution < -0.4 is 15.4 Å². The van der Waals surface area contributed by atoms with Crippen molar-refractivity contribution in [2.75, 3.05) is 10.6 Å². The van der Waals surface area contributed by atoms with Crippen molar-refractivity contribution in [2.45, 2.75) is 25.9 Å². The minimum atomic E-state index is -1.59. The number of carbonyl (C=O) groups excluding carboxylic acids is 4. The predicted octanol–water partition coefficient (Wildman–Crippen LogP) is 7.96. The van der Waals surface area contributed by atoms with E-state index in [1.807, 2.05) is 0 Å². The van der Waals surface area contributed by atoms with Crippen molar-refractivity contribution in [3.63, 3.8) is 0 Å². The van der Waals surface area contributed by atoms with E-state index in [2.05, 4.69) is 31.1 Å². The van der Waals surface area contributed by atoms with E-state index in [4.69, 9.17) is 27.9 Å². The van der Waals surface area contributed by atoms with Crippen molar-refractivity contribution < 1.29 is 33.8 Å². The number of rotatable bonds is 14. The molecular weight excluding hydrogens is 711 g/mol. The first-order chi connectivity index (χ1) is 24.2. The van der Waals surface area contributed by atoms with Crippen LogP contribution in [0.1, 0.15) is 13.8 Å². The van der Waals surface area contributed by atoms with Crippen LogP contribution in [0.2, 0.25) is 10.0 Å². The number of nitrogens with one attached hydrogen (secondary N) is 2. The Balaban J connectivity index is 1.36. The van der Waals surface area contributed by atoms with Crippen LogP contribution in [-0.4, -0.2) is 45.3 Å². The number of azo groups is 2. The van der Waals surface area contributed by atoms with Crippen LogP contribution in [0.15, 0.2) is 105 Å². The van der Waals surface area contributed by atoms with Crippen LogP contribution in [0.25, 0.3) is 0 Å². The number of hydrogen-bond acceptors (Lipinski definition) is 13. The number of carbonyl (C=O) groups is 4. The number of nitro benzene ring substituents is 2. The van der Waals surface area contributed by atoms with Crippen LogP contribution in [0.5, 0.6) is 11.5 Å². The highest BCUT2D eigenvalue weighted by Gasteiger charge is 2.25. The first-order valence-electron chi connectivity index (χ1n) is 14.4. The number of halogens is 2. The first kappa shape index (κ1) is 37.4. The number of anilines is 2. The molecule has 2 N–H and O–H groups in total. The monoisotopic (exact) mass is 734 g/mol. The molecule has 0 saturated heterocycles. The second kappa shape index (κ2) is 16.8. The zero-order chi connectivity index (χ0) is 37.2. The lowest BCUT2D eigenvalue weighted by atomic mass is 10.2. The second-order valence-electron chi connectivity index (χ2n) is 10.4. The zero-order valence-corrected chi connectivity index (χ0v) is 27.9. The highest BCUT2D eigenvalue weighted by Crippen LogP contribution is 2.32. The molecule has 0 spiro atoms. The second-order valence-corrected chi connectivity index (χ2v) is 11.2. The minimum Gasteiger partial charge on any atom is -0.457 e. The molecular formula is C32H24Cl2N8O9. The molecule has 4 aromatic rings. The maximum Gasteiger partial charge on any atom is 0.298 e. The van der Waals surface area contributed by atoms with Gasteiger partial charge in [0.25, 0.3) is 23.2 Å². The SMILES string of the molecule is CC(=O)C(N=Nc1ccc(Cl)cc1[N+](=O)[O-])C(=O)Nc1ccc(Oc2ccc(NC(=O)C(N=Nc3ccc(Cl)cc3[N+](=O)[O-])C(C)=O)cc2)cc1. The highest BCUT2D eigenvalue weighted by atomic mass is 35.5. The summed E-state index contributed by atoms with van der Waals surface area (Å²) in [6.45, 7) is 2.25. The zero-order valence-electron chi connectivity index (χ0n) is 26.4. The van der Waals surface area contributed by atoms with Crippen molar-refractivity contribution in [3.05, 3.63) is 115 Å². The molecule has 0 heterocycles. The van der Waals surface area contributed by atoms with Gasteiger partial charge in [-0.2, -0.15) is 10.2 Å². The average molecular weight is 735 g/mol. The molecule has 0 aliphatic rings. The number of nitro groups is 2. The van der Waals surface area contributed by atoms with Crippen LogP contribution in [0.3, 0.4) is 0 Å². The van der Waals surface area contributed by atoms with Gasteiger partial charge in [-0.15, -0.1) is 10.2 Å². The van der Waals surface area contributed by atoms with E-state index in [9.17, 15) is 39.4 Å². The maximum absolute atomic E-state index is 12.8. The molecule has 0 aromatic heterocycles. The lowest BCUT2D eigenvalue weighted by Gasteiger charge is -2.12. The number of benzene rings is 4. The summed E-state index contributed by atoms with van der Waals surface area (Å²) in [4.78, 5) is 71.0. The van der Waals surface area contributed by atoms with Gasteiger partial charge in [0, 0.05) is 33.6 Å². The largest absolute Gasteiger partial charge is 0.457 e. The van der Waals surface area contributed by atoms with Crippen molar-refractivity contribution in [1.82, 2.24) is 0 Å². The Bertz CT molecular complexity index is 1930. The molecule has 0 aliphatic carbocycles. The van der Waals surface area contributed by atoms with Gasteiger partial charge in [-0.25, -0.2) is 0 Å². The third kappa shape index (κ3) is 10.3. The fourth-order valence-electron chi connectivity index (χ4n) is 4.10. The van der Waals surface area contributed by atoms with E-state index in [0.717, 1.165) is 26.0 Å². The topological polar surface area (TPSA) is 237 Å². The summed E-state index contributed by atoms with van der Waals surface area (Å²) in [5, 5.41) is 42.8. The number of amides is 2. The third-order valence-corrected chi connectivity index (χ3v) is 7.05. The van der Waals surface area contributed by atoms with Gasteiger partial charge in [0.1, 0.15) is 11.5 Å². The lowest BCUT2D eigenvalue weighted by molar-refractivity contribution is -0.384. The van der Waals surface area contributed by atoms with Crippen LogP contribution in [0, 0.1) is 20.2 Å². The standard InChI is InChI=1S/C32H24Cl2N8O9/c1-17(43)29(39-37-25-13-3-19(33)15-27(25)41(47)48)31(45)35-21-5-9-23(10-6-21)51-24-11-7-22(8-12-24)36-32(46)30(18(2)44)40-38-26-14-4-20(34)16-28(26)42(49)50/h3-16,29-30H,1-2H3,(H,35,45)(H,36,46). The molecule has 17 nitrogen and oxygen atoms in total. The van der Waals surface area contributed by atoms with Crippen molar-refractivity contribution >= 4 is 80.7 Å². The summed E-state index contributed by atoms with van der Waals surface area (Å²) in [5.41, 5.74) is -0.703. The summed E-state index contributed by atoms with van der Waals surface area (Å²) < 4.78 is 5.79. The summed E-state index contributed by atoms with van der Waals surface area (Å²) in [6, 6.07) is 16.2. The number of nitrogens with zero attached hydrogens (tertiary/aromatic N) is 6. The Labute approximate surface area is 297 Å².